The molecular formula is C6H9ClO3. The fraction of sp³-hybridized carbons (Fsp3) is 0.833. The van der Waals surface area contributed by atoms with Crippen LogP contribution < -0.4 is 0 Å². The van der Waals surface area contributed by atoms with E-state index in [0.29, 0.717) is 12.5 Å². The minimum atomic E-state index is -0.431. The lowest BCUT2D eigenvalue weighted by molar-refractivity contribution is -0.178. The van der Waals surface area contributed by atoms with Crippen LogP contribution in [0.4, 0.5) is 0 Å². The number of halogens is 1. The summed E-state index contributed by atoms with van der Waals surface area (Å²) in [5.41, 5.74) is 0. The molecule has 3 nitrogen and oxygen atoms in total. The van der Waals surface area contributed by atoms with Crippen molar-refractivity contribution in [2.24, 2.45) is 0 Å². The maximum Gasteiger partial charge on any atom is 0.335 e. The van der Waals surface area contributed by atoms with Gasteiger partial charge in [0.25, 0.3) is 0 Å². The SMILES string of the molecule is CC1OCC(CCl)OC1=O. The maximum atomic E-state index is 10.8. The fourth-order valence-electron chi connectivity index (χ4n) is 0.690. The highest BCUT2D eigenvalue weighted by molar-refractivity contribution is 6.18. The van der Waals surface area contributed by atoms with E-state index >= 15 is 0 Å². The van der Waals surface area contributed by atoms with Crippen LogP contribution in [-0.4, -0.2) is 30.7 Å². The van der Waals surface area contributed by atoms with Gasteiger partial charge in [0.15, 0.2) is 6.10 Å². The minimum Gasteiger partial charge on any atom is -0.457 e. The van der Waals surface area contributed by atoms with E-state index in [1.54, 1.807) is 6.92 Å². The number of rotatable bonds is 1. The van der Waals surface area contributed by atoms with Gasteiger partial charge in [-0.2, -0.15) is 0 Å². The molecule has 0 N–H and O–H groups in total. The van der Waals surface area contributed by atoms with Crippen molar-refractivity contribution in [3.63, 3.8) is 0 Å². The van der Waals surface area contributed by atoms with Crippen molar-refractivity contribution in [2.45, 2.75) is 19.1 Å². The lowest BCUT2D eigenvalue weighted by atomic mass is 10.3. The molecule has 0 spiro atoms. The van der Waals surface area contributed by atoms with Crippen LogP contribution >= 0.6 is 11.6 Å². The number of cyclic esters (lactones) is 1. The summed E-state index contributed by atoms with van der Waals surface area (Å²) in [5, 5.41) is 0. The summed E-state index contributed by atoms with van der Waals surface area (Å²) in [6.07, 6.45) is -0.690. The molecule has 2 atom stereocenters. The molecule has 1 fully saturated rings. The Morgan fingerprint density at radius 1 is 1.80 bits per heavy atom. The molecule has 0 bridgehead atoms. The van der Waals surface area contributed by atoms with E-state index in [2.05, 4.69) is 0 Å². The van der Waals surface area contributed by atoms with Gasteiger partial charge >= 0.3 is 5.97 Å². The lowest BCUT2D eigenvalue weighted by Gasteiger charge is -2.24. The van der Waals surface area contributed by atoms with Gasteiger partial charge in [-0.25, -0.2) is 4.79 Å². The second kappa shape index (κ2) is 3.21. The van der Waals surface area contributed by atoms with Crippen molar-refractivity contribution in [3.05, 3.63) is 0 Å². The topological polar surface area (TPSA) is 35.5 Å². The van der Waals surface area contributed by atoms with E-state index in [9.17, 15) is 4.79 Å². The summed E-state index contributed by atoms with van der Waals surface area (Å²) in [4.78, 5) is 10.8. The third kappa shape index (κ3) is 1.61. The third-order valence-electron chi connectivity index (χ3n) is 1.32. The van der Waals surface area contributed by atoms with Crippen molar-refractivity contribution < 1.29 is 14.3 Å². The molecule has 0 aromatic heterocycles. The van der Waals surface area contributed by atoms with Crippen LogP contribution in [0.1, 0.15) is 6.92 Å². The molecule has 10 heavy (non-hydrogen) atoms. The molecular weight excluding hydrogens is 156 g/mol. The zero-order valence-corrected chi connectivity index (χ0v) is 6.43. The monoisotopic (exact) mass is 164 g/mol. The molecule has 1 rings (SSSR count). The highest BCUT2D eigenvalue weighted by Gasteiger charge is 2.26. The zero-order chi connectivity index (χ0) is 7.56. The Kier molecular flexibility index (Phi) is 2.51. The largest absolute Gasteiger partial charge is 0.457 e. The molecule has 0 saturated carbocycles. The number of alkyl halides is 1. The second-order valence-electron chi connectivity index (χ2n) is 2.19. The van der Waals surface area contributed by atoms with Crippen LogP contribution in [-0.2, 0) is 14.3 Å². The molecule has 0 radical (unpaired) electrons. The first-order valence-electron chi connectivity index (χ1n) is 3.12. The summed E-state index contributed by atoms with van der Waals surface area (Å²) < 4.78 is 9.89. The Balaban J connectivity index is 2.41. The Morgan fingerprint density at radius 2 is 2.50 bits per heavy atom. The van der Waals surface area contributed by atoms with Crippen molar-refractivity contribution in [3.8, 4) is 0 Å². The number of hydrogen-bond donors (Lipinski definition) is 0. The Hall–Kier alpha value is -0.280. The summed E-state index contributed by atoms with van der Waals surface area (Å²) in [7, 11) is 0. The van der Waals surface area contributed by atoms with E-state index in [1.165, 1.54) is 0 Å². The number of carbonyl (C=O) groups excluding carboxylic acids is 1. The highest BCUT2D eigenvalue weighted by Crippen LogP contribution is 2.08. The number of hydrogen-bond acceptors (Lipinski definition) is 3. The van der Waals surface area contributed by atoms with Crippen molar-refractivity contribution in [1.82, 2.24) is 0 Å². The number of ether oxygens (including phenoxy) is 2. The lowest BCUT2D eigenvalue weighted by Crippen LogP contribution is -2.39. The Bertz CT molecular complexity index is 137. The van der Waals surface area contributed by atoms with Gasteiger partial charge in [-0.15, -0.1) is 11.6 Å². The normalized spacial score (nSPS) is 33.6. The van der Waals surface area contributed by atoms with Gasteiger partial charge in [0.05, 0.1) is 12.5 Å². The standard InChI is InChI=1S/C6H9ClO3/c1-4-6(8)10-5(2-7)3-9-4/h4-5H,2-3H2,1H3. The van der Waals surface area contributed by atoms with Gasteiger partial charge in [0.2, 0.25) is 0 Å². The summed E-state index contributed by atoms with van der Waals surface area (Å²) in [6, 6.07) is 0. The summed E-state index contributed by atoms with van der Waals surface area (Å²) in [6.45, 7) is 2.07. The van der Waals surface area contributed by atoms with Gasteiger partial charge in [-0.3, -0.25) is 0 Å². The van der Waals surface area contributed by atoms with Gasteiger partial charge in [-0.05, 0) is 6.92 Å². The smallest absolute Gasteiger partial charge is 0.335 e. The molecule has 0 aromatic carbocycles. The Morgan fingerprint density at radius 3 is 3.00 bits per heavy atom. The van der Waals surface area contributed by atoms with Crippen molar-refractivity contribution in [1.29, 1.82) is 0 Å². The molecule has 0 aliphatic carbocycles. The van der Waals surface area contributed by atoms with Gasteiger partial charge in [0, 0.05) is 0 Å². The molecule has 1 heterocycles. The number of esters is 1. The zero-order valence-electron chi connectivity index (χ0n) is 5.67. The van der Waals surface area contributed by atoms with E-state index in [-0.39, 0.29) is 12.1 Å². The quantitative estimate of drug-likeness (QED) is 0.420. The highest BCUT2D eigenvalue weighted by atomic mass is 35.5. The van der Waals surface area contributed by atoms with Crippen LogP contribution in [0.3, 0.4) is 0 Å². The van der Waals surface area contributed by atoms with E-state index in [1.807, 2.05) is 0 Å². The van der Waals surface area contributed by atoms with Gasteiger partial charge in [0.1, 0.15) is 6.10 Å². The third-order valence-corrected chi connectivity index (χ3v) is 1.66. The molecule has 0 amide bonds. The first-order valence-corrected chi connectivity index (χ1v) is 3.65. The molecule has 58 valence electrons. The van der Waals surface area contributed by atoms with Gasteiger partial charge < -0.3 is 9.47 Å². The van der Waals surface area contributed by atoms with Crippen LogP contribution in [0.2, 0.25) is 0 Å². The average Bonchev–Trinajstić information content (AvgIpc) is 1.95. The molecule has 4 heteroatoms. The van der Waals surface area contributed by atoms with E-state index in [0.717, 1.165) is 0 Å². The van der Waals surface area contributed by atoms with Crippen LogP contribution in [0.15, 0.2) is 0 Å². The minimum absolute atomic E-state index is 0.259. The fourth-order valence-corrected chi connectivity index (χ4v) is 0.842. The predicted octanol–water partition coefficient (Wildman–Crippen LogP) is 0.556. The summed E-state index contributed by atoms with van der Waals surface area (Å²) in [5.74, 6) is -0.0183. The van der Waals surface area contributed by atoms with Crippen LogP contribution in [0, 0.1) is 0 Å². The first-order chi connectivity index (χ1) is 4.74. The van der Waals surface area contributed by atoms with Crippen LogP contribution in [0.5, 0.6) is 0 Å². The Labute approximate surface area is 64.3 Å². The molecule has 2 unspecified atom stereocenters. The van der Waals surface area contributed by atoms with Crippen molar-refractivity contribution in [2.75, 3.05) is 12.5 Å². The van der Waals surface area contributed by atoms with Gasteiger partial charge in [-0.1, -0.05) is 0 Å². The predicted molar refractivity (Wildman–Crippen MR) is 36.0 cm³/mol. The van der Waals surface area contributed by atoms with E-state index in [4.69, 9.17) is 21.1 Å². The number of carbonyl (C=O) groups is 1. The average molecular weight is 165 g/mol. The summed E-state index contributed by atoms with van der Waals surface area (Å²) >= 11 is 5.44. The first kappa shape index (κ1) is 7.82. The van der Waals surface area contributed by atoms with Crippen molar-refractivity contribution >= 4 is 17.6 Å². The molecule has 1 aliphatic rings. The molecule has 0 aromatic rings. The van der Waals surface area contributed by atoms with Crippen LogP contribution in [0.25, 0.3) is 0 Å². The molecule has 1 saturated heterocycles. The molecule has 1 aliphatic heterocycles. The second-order valence-corrected chi connectivity index (χ2v) is 2.50. The maximum absolute atomic E-state index is 10.8. The van der Waals surface area contributed by atoms with E-state index < -0.39 is 6.10 Å².